The molecule has 1 amide bonds. The average Bonchev–Trinajstić information content (AvgIpc) is 3.13. The number of nitrogens with zero attached hydrogens (tertiary/aromatic N) is 1. The van der Waals surface area contributed by atoms with E-state index >= 15 is 0 Å². The normalized spacial score (nSPS) is 23.1. The molecule has 19 heavy (non-hydrogen) atoms. The molecular formula is C13H20F2N2OS. The average molecular weight is 290 g/mol. The summed E-state index contributed by atoms with van der Waals surface area (Å²) < 4.78 is 26.2. The van der Waals surface area contributed by atoms with Crippen molar-refractivity contribution in [2.45, 2.75) is 56.9 Å². The zero-order chi connectivity index (χ0) is 14.0. The Labute approximate surface area is 117 Å². The summed E-state index contributed by atoms with van der Waals surface area (Å²) in [6.07, 6.45) is 2.77. The monoisotopic (exact) mass is 290 g/mol. The van der Waals surface area contributed by atoms with Gasteiger partial charge < -0.3 is 10.6 Å². The second-order valence-corrected chi connectivity index (χ2v) is 6.13. The molecule has 0 saturated heterocycles. The van der Waals surface area contributed by atoms with Crippen molar-refractivity contribution in [1.29, 1.82) is 0 Å². The van der Waals surface area contributed by atoms with Gasteiger partial charge in [-0.15, -0.1) is 0 Å². The Bertz CT molecular complexity index is 362. The van der Waals surface area contributed by atoms with Gasteiger partial charge in [0.1, 0.15) is 0 Å². The third-order valence-electron chi connectivity index (χ3n) is 3.94. The maximum atomic E-state index is 13.1. The van der Waals surface area contributed by atoms with Crippen molar-refractivity contribution in [3.05, 3.63) is 0 Å². The molecule has 0 atom stereocenters. The molecule has 108 valence electrons. The van der Waals surface area contributed by atoms with Crippen molar-refractivity contribution < 1.29 is 13.6 Å². The third-order valence-corrected chi connectivity index (χ3v) is 4.14. The number of thiocarbonyl (C=S) groups is 1. The molecule has 0 unspecified atom stereocenters. The molecule has 6 heteroatoms. The first-order chi connectivity index (χ1) is 8.89. The summed E-state index contributed by atoms with van der Waals surface area (Å²) in [7, 11) is 0. The van der Waals surface area contributed by atoms with Gasteiger partial charge in [0.15, 0.2) is 0 Å². The van der Waals surface area contributed by atoms with Gasteiger partial charge in [0.2, 0.25) is 11.8 Å². The molecule has 0 bridgehead atoms. The van der Waals surface area contributed by atoms with Gasteiger partial charge in [0.05, 0.1) is 4.99 Å². The fourth-order valence-corrected chi connectivity index (χ4v) is 2.70. The predicted octanol–water partition coefficient (Wildman–Crippen LogP) is 2.48. The lowest BCUT2D eigenvalue weighted by atomic mass is 9.86. The van der Waals surface area contributed by atoms with Crippen LogP contribution in [0.15, 0.2) is 0 Å². The number of amides is 1. The summed E-state index contributed by atoms with van der Waals surface area (Å²) in [5.41, 5.74) is 5.47. The number of hydrogen-bond donors (Lipinski definition) is 1. The number of carbonyl (C=O) groups is 1. The summed E-state index contributed by atoms with van der Waals surface area (Å²) in [6.45, 7) is 0.533. The van der Waals surface area contributed by atoms with Crippen molar-refractivity contribution in [3.8, 4) is 0 Å². The van der Waals surface area contributed by atoms with Crippen molar-refractivity contribution in [2.24, 2.45) is 11.7 Å². The molecule has 2 N–H and O–H groups in total. The van der Waals surface area contributed by atoms with Crippen LogP contribution >= 0.6 is 12.2 Å². The highest BCUT2D eigenvalue weighted by Gasteiger charge is 2.41. The summed E-state index contributed by atoms with van der Waals surface area (Å²) in [6, 6.07) is 0.282. The van der Waals surface area contributed by atoms with Crippen LogP contribution < -0.4 is 5.73 Å². The van der Waals surface area contributed by atoms with Crippen LogP contribution in [0.2, 0.25) is 0 Å². The summed E-state index contributed by atoms with van der Waals surface area (Å²) in [5, 5.41) is 0. The Morgan fingerprint density at radius 1 is 1.26 bits per heavy atom. The number of nitrogens with two attached hydrogens (primary N) is 1. The first-order valence-electron chi connectivity index (χ1n) is 6.86. The highest BCUT2D eigenvalue weighted by atomic mass is 32.1. The minimum atomic E-state index is -2.58. The lowest BCUT2D eigenvalue weighted by molar-refractivity contribution is -0.140. The van der Waals surface area contributed by atoms with Crippen LogP contribution in [0.4, 0.5) is 8.78 Å². The van der Waals surface area contributed by atoms with Crippen molar-refractivity contribution in [1.82, 2.24) is 4.90 Å². The van der Waals surface area contributed by atoms with Crippen LogP contribution in [0.1, 0.15) is 44.9 Å². The van der Waals surface area contributed by atoms with Gasteiger partial charge in [-0.3, -0.25) is 4.79 Å². The summed E-state index contributed by atoms with van der Waals surface area (Å²) in [4.78, 5) is 14.6. The first-order valence-corrected chi connectivity index (χ1v) is 7.26. The molecular weight excluding hydrogens is 270 g/mol. The molecule has 2 aliphatic carbocycles. The van der Waals surface area contributed by atoms with E-state index in [4.69, 9.17) is 18.0 Å². The molecule has 3 nitrogen and oxygen atoms in total. The zero-order valence-corrected chi connectivity index (χ0v) is 11.7. The predicted molar refractivity (Wildman–Crippen MR) is 73.0 cm³/mol. The van der Waals surface area contributed by atoms with Gasteiger partial charge >= 0.3 is 0 Å². The van der Waals surface area contributed by atoms with E-state index in [1.54, 1.807) is 0 Å². The molecule has 0 spiro atoms. The van der Waals surface area contributed by atoms with Crippen LogP contribution in [0.5, 0.6) is 0 Å². The SMILES string of the molecule is NC(=S)CCN(C(=O)C1CCC(F)(F)CC1)C1CC1. The lowest BCUT2D eigenvalue weighted by Gasteiger charge is -2.32. The second kappa shape index (κ2) is 5.69. The van der Waals surface area contributed by atoms with E-state index in [9.17, 15) is 13.6 Å². The van der Waals surface area contributed by atoms with E-state index in [0.29, 0.717) is 30.8 Å². The van der Waals surface area contributed by atoms with Gasteiger partial charge in [-0.2, -0.15) is 0 Å². The van der Waals surface area contributed by atoms with Crippen LogP contribution in [0.25, 0.3) is 0 Å². The Kier molecular flexibility index (Phi) is 4.38. The Morgan fingerprint density at radius 2 is 1.84 bits per heavy atom. The number of hydrogen-bond acceptors (Lipinski definition) is 2. The van der Waals surface area contributed by atoms with Crippen molar-refractivity contribution in [2.75, 3.05) is 6.54 Å². The quantitative estimate of drug-likeness (QED) is 0.791. The number of rotatable bonds is 5. The Morgan fingerprint density at radius 3 is 2.32 bits per heavy atom. The van der Waals surface area contributed by atoms with E-state index in [-0.39, 0.29) is 30.7 Å². The van der Waals surface area contributed by atoms with Gasteiger partial charge in [-0.05, 0) is 25.7 Å². The molecule has 2 saturated carbocycles. The fourth-order valence-electron chi connectivity index (χ4n) is 2.61. The van der Waals surface area contributed by atoms with Gasteiger partial charge in [-0.1, -0.05) is 12.2 Å². The lowest BCUT2D eigenvalue weighted by Crippen LogP contribution is -2.41. The van der Waals surface area contributed by atoms with Gasteiger partial charge in [0, 0.05) is 37.8 Å². The van der Waals surface area contributed by atoms with E-state index in [1.807, 2.05) is 4.90 Å². The molecule has 0 radical (unpaired) electrons. The second-order valence-electron chi connectivity index (χ2n) is 5.61. The van der Waals surface area contributed by atoms with E-state index in [1.165, 1.54) is 0 Å². The Hall–Kier alpha value is -0.780. The topological polar surface area (TPSA) is 46.3 Å². The minimum absolute atomic E-state index is 0.0225. The number of halogens is 2. The maximum Gasteiger partial charge on any atom is 0.248 e. The molecule has 2 rings (SSSR count). The van der Waals surface area contributed by atoms with E-state index in [2.05, 4.69) is 0 Å². The Balaban J connectivity index is 1.90. The molecule has 2 fully saturated rings. The van der Waals surface area contributed by atoms with Crippen LogP contribution in [0, 0.1) is 5.92 Å². The molecule has 2 aliphatic rings. The van der Waals surface area contributed by atoms with Crippen LogP contribution in [-0.4, -0.2) is 34.3 Å². The smallest absolute Gasteiger partial charge is 0.248 e. The third kappa shape index (κ3) is 4.09. The first kappa shape index (κ1) is 14.6. The van der Waals surface area contributed by atoms with Crippen LogP contribution in [-0.2, 0) is 4.79 Å². The number of carbonyl (C=O) groups excluding carboxylic acids is 1. The molecule has 0 heterocycles. The van der Waals surface area contributed by atoms with Gasteiger partial charge in [0.25, 0.3) is 0 Å². The molecule has 0 aromatic rings. The highest BCUT2D eigenvalue weighted by Crippen LogP contribution is 2.38. The van der Waals surface area contributed by atoms with E-state index in [0.717, 1.165) is 12.8 Å². The standard InChI is InChI=1S/C13H20F2N2OS/c14-13(15)6-3-9(4-7-13)12(18)17(10-1-2-10)8-5-11(16)19/h9-10H,1-8H2,(H2,16,19). The molecule has 0 aromatic carbocycles. The number of alkyl halides is 2. The van der Waals surface area contributed by atoms with Crippen molar-refractivity contribution >= 4 is 23.1 Å². The minimum Gasteiger partial charge on any atom is -0.393 e. The van der Waals surface area contributed by atoms with Gasteiger partial charge in [-0.25, -0.2) is 8.78 Å². The summed E-state index contributed by atoms with van der Waals surface area (Å²) in [5.74, 6) is -2.80. The summed E-state index contributed by atoms with van der Waals surface area (Å²) >= 11 is 4.83. The van der Waals surface area contributed by atoms with Crippen molar-refractivity contribution in [3.63, 3.8) is 0 Å². The van der Waals surface area contributed by atoms with Crippen LogP contribution in [0.3, 0.4) is 0 Å². The largest absolute Gasteiger partial charge is 0.393 e. The molecule has 0 aliphatic heterocycles. The molecule has 0 aromatic heterocycles. The highest BCUT2D eigenvalue weighted by molar-refractivity contribution is 7.80. The zero-order valence-electron chi connectivity index (χ0n) is 10.9. The van der Waals surface area contributed by atoms with E-state index < -0.39 is 5.92 Å². The maximum absolute atomic E-state index is 13.1. The fraction of sp³-hybridized carbons (Fsp3) is 0.846.